The lowest BCUT2D eigenvalue weighted by atomic mass is 9.68. The summed E-state index contributed by atoms with van der Waals surface area (Å²) in [6, 6.07) is 20.3. The van der Waals surface area contributed by atoms with Crippen molar-refractivity contribution < 1.29 is 4.79 Å². The first-order chi connectivity index (χ1) is 14.3. The van der Waals surface area contributed by atoms with Crippen LogP contribution in [0.25, 0.3) is 0 Å². The molecule has 0 atom stereocenters. The van der Waals surface area contributed by atoms with Gasteiger partial charge in [-0.3, -0.25) is 4.79 Å². The van der Waals surface area contributed by atoms with Crippen LogP contribution < -0.4 is 0 Å². The van der Waals surface area contributed by atoms with Gasteiger partial charge in [-0.1, -0.05) is 67.1 Å². The van der Waals surface area contributed by atoms with Crippen LogP contribution in [0, 0.1) is 0 Å². The lowest BCUT2D eigenvalue weighted by Gasteiger charge is -2.41. The van der Waals surface area contributed by atoms with E-state index in [0.29, 0.717) is 0 Å². The Kier molecular flexibility index (Phi) is 6.78. The van der Waals surface area contributed by atoms with Gasteiger partial charge in [0.25, 0.3) is 0 Å². The molecule has 3 nitrogen and oxygen atoms in total. The zero-order chi connectivity index (χ0) is 19.9. The van der Waals surface area contributed by atoms with Crippen LogP contribution in [0.1, 0.15) is 54.4 Å². The van der Waals surface area contributed by atoms with Crippen LogP contribution in [-0.2, 0) is 5.41 Å². The molecule has 154 valence electrons. The predicted octanol–water partition coefficient (Wildman–Crippen LogP) is 4.78. The minimum Gasteiger partial charge on any atom is -0.303 e. The number of rotatable bonds is 7. The van der Waals surface area contributed by atoms with E-state index < -0.39 is 0 Å². The summed E-state index contributed by atoms with van der Waals surface area (Å²) in [5.74, 6) is 0.289. The molecule has 2 saturated heterocycles. The van der Waals surface area contributed by atoms with Gasteiger partial charge in [-0.05, 0) is 76.9 Å². The highest BCUT2D eigenvalue weighted by Gasteiger charge is 2.42. The van der Waals surface area contributed by atoms with Crippen LogP contribution in [-0.4, -0.2) is 54.9 Å². The van der Waals surface area contributed by atoms with Gasteiger partial charge < -0.3 is 9.80 Å². The highest BCUT2D eigenvalue weighted by molar-refractivity contribution is 6.04. The maximum absolute atomic E-state index is 13.6. The number of ketones is 1. The zero-order valence-electron chi connectivity index (χ0n) is 17.6. The molecule has 0 saturated carbocycles. The number of hydrogen-bond donors (Lipinski definition) is 0. The van der Waals surface area contributed by atoms with Gasteiger partial charge in [0.1, 0.15) is 0 Å². The number of hydrogen-bond acceptors (Lipinski definition) is 3. The average Bonchev–Trinajstić information content (AvgIpc) is 2.81. The van der Waals surface area contributed by atoms with Crippen LogP contribution in [0.5, 0.6) is 0 Å². The molecule has 0 spiro atoms. The number of nitrogens with zero attached hydrogens (tertiary/aromatic N) is 2. The molecule has 3 heteroatoms. The molecule has 2 aromatic carbocycles. The zero-order valence-corrected chi connectivity index (χ0v) is 17.6. The second-order valence-corrected chi connectivity index (χ2v) is 8.74. The van der Waals surface area contributed by atoms with Crippen LogP contribution in [0.3, 0.4) is 0 Å². The van der Waals surface area contributed by atoms with Crippen molar-refractivity contribution in [3.63, 3.8) is 0 Å². The average molecular weight is 391 g/mol. The summed E-state index contributed by atoms with van der Waals surface area (Å²) in [5.41, 5.74) is 1.64. The second-order valence-electron chi connectivity index (χ2n) is 8.74. The second kappa shape index (κ2) is 9.69. The largest absolute Gasteiger partial charge is 0.303 e. The number of likely N-dealkylation sites (tertiary alicyclic amines) is 2. The molecule has 2 heterocycles. The molecule has 0 bridgehead atoms. The van der Waals surface area contributed by atoms with E-state index in [-0.39, 0.29) is 11.2 Å². The Hall–Kier alpha value is -1.97. The third-order valence-corrected chi connectivity index (χ3v) is 6.90. The predicted molar refractivity (Wildman–Crippen MR) is 119 cm³/mol. The van der Waals surface area contributed by atoms with E-state index in [9.17, 15) is 4.79 Å². The van der Waals surface area contributed by atoms with Gasteiger partial charge in [-0.25, -0.2) is 0 Å². The molecule has 0 aliphatic carbocycles. The van der Waals surface area contributed by atoms with E-state index >= 15 is 0 Å². The fourth-order valence-corrected chi connectivity index (χ4v) is 5.13. The number of carbonyl (C=O) groups is 1. The molecule has 4 rings (SSSR count). The maximum atomic E-state index is 13.6. The Balaban J connectivity index is 1.41. The van der Waals surface area contributed by atoms with E-state index in [0.717, 1.165) is 38.0 Å². The molecule has 2 fully saturated rings. The first kappa shape index (κ1) is 20.3. The van der Waals surface area contributed by atoms with E-state index in [1.807, 2.05) is 36.4 Å². The van der Waals surface area contributed by atoms with Crippen molar-refractivity contribution in [2.24, 2.45) is 0 Å². The molecular formula is C26H34N2O. The van der Waals surface area contributed by atoms with Crippen molar-refractivity contribution in [1.82, 2.24) is 9.80 Å². The van der Waals surface area contributed by atoms with E-state index in [4.69, 9.17) is 0 Å². The molecule has 0 amide bonds. The van der Waals surface area contributed by atoms with Gasteiger partial charge in [-0.15, -0.1) is 0 Å². The van der Waals surface area contributed by atoms with Crippen molar-refractivity contribution in [3.05, 3.63) is 71.8 Å². The minimum atomic E-state index is -0.383. The number of Topliss-reactive ketones (excluding diaryl/α,β-unsaturated/α-hetero) is 1. The summed E-state index contributed by atoms with van der Waals surface area (Å²) < 4.78 is 0. The third-order valence-electron chi connectivity index (χ3n) is 6.90. The topological polar surface area (TPSA) is 23.6 Å². The summed E-state index contributed by atoms with van der Waals surface area (Å²) in [6.45, 7) is 6.95. The van der Waals surface area contributed by atoms with Crippen LogP contribution in [0.15, 0.2) is 60.7 Å². The van der Waals surface area contributed by atoms with E-state index in [1.54, 1.807) is 0 Å². The fraction of sp³-hybridized carbons (Fsp3) is 0.500. The lowest BCUT2D eigenvalue weighted by Crippen LogP contribution is -2.48. The standard InChI is InChI=1S/C26H34N2O/c29-25(23-11-4-1-5-12-23)26(24-13-6-2-7-14-24)15-21-28(22-16-26)20-10-19-27-17-8-3-9-18-27/h1-2,4-7,11-14H,3,8-10,15-22H2. The minimum absolute atomic E-state index is 0.289. The van der Waals surface area contributed by atoms with Gasteiger partial charge in [0.05, 0.1) is 5.41 Å². The Morgan fingerprint density at radius 3 is 1.90 bits per heavy atom. The van der Waals surface area contributed by atoms with Gasteiger partial charge >= 0.3 is 0 Å². The normalized spacial score (nSPS) is 20.4. The van der Waals surface area contributed by atoms with Gasteiger partial charge in [0, 0.05) is 5.56 Å². The Morgan fingerprint density at radius 1 is 0.724 bits per heavy atom. The molecule has 29 heavy (non-hydrogen) atoms. The molecule has 2 aliphatic rings. The van der Waals surface area contributed by atoms with Crippen molar-refractivity contribution in [1.29, 1.82) is 0 Å². The maximum Gasteiger partial charge on any atom is 0.173 e. The summed E-state index contributed by atoms with van der Waals surface area (Å²) in [6.07, 6.45) is 7.20. The first-order valence-electron chi connectivity index (χ1n) is 11.4. The summed E-state index contributed by atoms with van der Waals surface area (Å²) in [5, 5.41) is 0. The molecule has 0 aromatic heterocycles. The molecular weight excluding hydrogens is 356 g/mol. The quantitative estimate of drug-likeness (QED) is 0.636. The molecule has 0 radical (unpaired) electrons. The molecule has 0 unspecified atom stereocenters. The van der Waals surface area contributed by atoms with Crippen molar-refractivity contribution >= 4 is 5.78 Å². The smallest absolute Gasteiger partial charge is 0.173 e. The van der Waals surface area contributed by atoms with E-state index in [2.05, 4.69) is 34.1 Å². The summed E-state index contributed by atoms with van der Waals surface area (Å²) in [4.78, 5) is 18.8. The summed E-state index contributed by atoms with van der Waals surface area (Å²) in [7, 11) is 0. The van der Waals surface area contributed by atoms with Crippen LogP contribution in [0.2, 0.25) is 0 Å². The van der Waals surface area contributed by atoms with Crippen molar-refractivity contribution in [2.45, 2.75) is 43.9 Å². The molecule has 2 aromatic rings. The van der Waals surface area contributed by atoms with Crippen LogP contribution in [0.4, 0.5) is 0 Å². The van der Waals surface area contributed by atoms with Gasteiger partial charge in [0.15, 0.2) is 5.78 Å². The molecule has 0 N–H and O–H groups in total. The highest BCUT2D eigenvalue weighted by atomic mass is 16.1. The lowest BCUT2D eigenvalue weighted by molar-refractivity contribution is 0.0764. The van der Waals surface area contributed by atoms with Crippen molar-refractivity contribution in [2.75, 3.05) is 39.3 Å². The van der Waals surface area contributed by atoms with E-state index in [1.165, 1.54) is 50.9 Å². The Bertz CT molecular complexity index is 760. The monoisotopic (exact) mass is 390 g/mol. The highest BCUT2D eigenvalue weighted by Crippen LogP contribution is 2.38. The third kappa shape index (κ3) is 4.79. The Labute approximate surface area is 175 Å². The first-order valence-corrected chi connectivity index (χ1v) is 11.4. The number of carbonyl (C=O) groups excluding carboxylic acids is 1. The Morgan fingerprint density at radius 2 is 1.28 bits per heavy atom. The van der Waals surface area contributed by atoms with Gasteiger partial charge in [-0.2, -0.15) is 0 Å². The van der Waals surface area contributed by atoms with Crippen LogP contribution >= 0.6 is 0 Å². The number of benzene rings is 2. The summed E-state index contributed by atoms with van der Waals surface area (Å²) >= 11 is 0. The SMILES string of the molecule is O=C(c1ccccc1)C1(c2ccccc2)CCN(CCCN2CCCCC2)CC1. The van der Waals surface area contributed by atoms with Gasteiger partial charge in [0.2, 0.25) is 0 Å². The van der Waals surface area contributed by atoms with Crippen molar-refractivity contribution in [3.8, 4) is 0 Å². The fourth-order valence-electron chi connectivity index (χ4n) is 5.13. The number of piperidine rings is 2. The molecule has 2 aliphatic heterocycles.